The lowest BCUT2D eigenvalue weighted by Crippen LogP contribution is -2.30. The molecule has 2 N–H and O–H groups in total. The van der Waals surface area contributed by atoms with E-state index in [2.05, 4.69) is 27.5 Å². The minimum atomic E-state index is 0.603. The van der Waals surface area contributed by atoms with Crippen molar-refractivity contribution in [3.8, 4) is 0 Å². The second-order valence-electron chi connectivity index (χ2n) is 5.24. The topological polar surface area (TPSA) is 55.0 Å². The molecule has 0 unspecified atom stereocenters. The Morgan fingerprint density at radius 1 is 1.30 bits per heavy atom. The molecule has 0 spiro atoms. The largest absolute Gasteiger partial charge is 0.383 e. The van der Waals surface area contributed by atoms with Crippen LogP contribution in [0.2, 0.25) is 0 Å². The van der Waals surface area contributed by atoms with Gasteiger partial charge >= 0.3 is 0 Å². The summed E-state index contributed by atoms with van der Waals surface area (Å²) in [7, 11) is 0. The molecule has 20 heavy (non-hydrogen) atoms. The van der Waals surface area contributed by atoms with Gasteiger partial charge in [-0.15, -0.1) is 6.58 Å². The van der Waals surface area contributed by atoms with E-state index in [-0.39, 0.29) is 0 Å². The van der Waals surface area contributed by atoms with Crippen molar-refractivity contribution in [1.82, 2.24) is 9.97 Å². The maximum absolute atomic E-state index is 6.17. The summed E-state index contributed by atoms with van der Waals surface area (Å²) >= 11 is 0. The van der Waals surface area contributed by atoms with Gasteiger partial charge in [0.25, 0.3) is 0 Å². The molecule has 0 amide bonds. The quantitative estimate of drug-likeness (QED) is 0.870. The molecule has 1 aliphatic heterocycles. The smallest absolute Gasteiger partial charge is 0.157 e. The highest BCUT2D eigenvalue weighted by Crippen LogP contribution is 2.31. The molecule has 0 saturated carbocycles. The molecule has 2 aromatic heterocycles. The van der Waals surface area contributed by atoms with Crippen molar-refractivity contribution in [2.24, 2.45) is 0 Å². The van der Waals surface area contributed by atoms with Gasteiger partial charge in [0.05, 0.1) is 0 Å². The number of fused-ring (bicyclic) bond motifs is 1. The summed E-state index contributed by atoms with van der Waals surface area (Å²) in [5, 5.41) is 1.10. The summed E-state index contributed by atoms with van der Waals surface area (Å²) in [6, 6.07) is 4.03. The maximum Gasteiger partial charge on any atom is 0.157 e. The van der Waals surface area contributed by atoms with Crippen molar-refractivity contribution in [3.63, 3.8) is 0 Å². The van der Waals surface area contributed by atoms with E-state index < -0.39 is 0 Å². The van der Waals surface area contributed by atoms with Crippen molar-refractivity contribution in [3.05, 3.63) is 36.5 Å². The highest BCUT2D eigenvalue weighted by atomic mass is 15.2. The molecule has 1 fully saturated rings. The first kappa shape index (κ1) is 12.9. The number of aromatic nitrogens is 2. The fourth-order valence-electron chi connectivity index (χ4n) is 2.88. The Labute approximate surface area is 119 Å². The minimum Gasteiger partial charge on any atom is -0.383 e. The van der Waals surface area contributed by atoms with E-state index in [4.69, 9.17) is 5.73 Å². The lowest BCUT2D eigenvalue weighted by atomic mass is 10.1. The summed E-state index contributed by atoms with van der Waals surface area (Å²) in [5.41, 5.74) is 8.16. The van der Waals surface area contributed by atoms with Crippen LogP contribution < -0.4 is 10.6 Å². The number of hydrogen-bond acceptors (Lipinski definition) is 4. The van der Waals surface area contributed by atoms with Crippen LogP contribution in [0.15, 0.2) is 31.0 Å². The van der Waals surface area contributed by atoms with Gasteiger partial charge in [-0.05, 0) is 31.7 Å². The molecule has 4 nitrogen and oxygen atoms in total. The van der Waals surface area contributed by atoms with Crippen molar-refractivity contribution in [2.75, 3.05) is 23.7 Å². The van der Waals surface area contributed by atoms with Gasteiger partial charge in [0.15, 0.2) is 5.82 Å². The van der Waals surface area contributed by atoms with Crippen LogP contribution in [0.4, 0.5) is 11.6 Å². The summed E-state index contributed by atoms with van der Waals surface area (Å²) < 4.78 is 0. The molecule has 0 radical (unpaired) electrons. The zero-order valence-electron chi connectivity index (χ0n) is 11.7. The molecule has 0 atom stereocenters. The second kappa shape index (κ2) is 5.49. The van der Waals surface area contributed by atoms with Crippen LogP contribution in [0, 0.1) is 0 Å². The molecule has 3 heterocycles. The third kappa shape index (κ3) is 2.22. The van der Waals surface area contributed by atoms with Crippen LogP contribution in [0.25, 0.3) is 10.9 Å². The Hall–Kier alpha value is -2.10. The van der Waals surface area contributed by atoms with Gasteiger partial charge in [0.2, 0.25) is 0 Å². The van der Waals surface area contributed by atoms with Gasteiger partial charge in [-0.2, -0.15) is 0 Å². The Bertz CT molecular complexity index is 630. The third-order valence-electron chi connectivity index (χ3n) is 3.88. The van der Waals surface area contributed by atoms with Gasteiger partial charge in [0.1, 0.15) is 11.3 Å². The number of nitrogens with zero attached hydrogens (tertiary/aromatic N) is 3. The predicted molar refractivity (Wildman–Crippen MR) is 83.9 cm³/mol. The van der Waals surface area contributed by atoms with Crippen LogP contribution >= 0.6 is 0 Å². The second-order valence-corrected chi connectivity index (χ2v) is 5.24. The Morgan fingerprint density at radius 2 is 2.10 bits per heavy atom. The lowest BCUT2D eigenvalue weighted by molar-refractivity contribution is 0.574. The number of allylic oxidation sites excluding steroid dienone is 1. The SMILES string of the molecule is C=CCc1c(N)nc(N2CCCCC2)c2ncccc12. The molecule has 0 bridgehead atoms. The number of anilines is 2. The van der Waals surface area contributed by atoms with Crippen LogP contribution in [-0.2, 0) is 6.42 Å². The highest BCUT2D eigenvalue weighted by molar-refractivity contribution is 5.94. The fourth-order valence-corrected chi connectivity index (χ4v) is 2.88. The molecule has 0 aromatic carbocycles. The average molecular weight is 268 g/mol. The molecule has 2 aromatic rings. The molecular formula is C16H20N4. The summed E-state index contributed by atoms with van der Waals surface area (Å²) in [5.74, 6) is 1.54. The fraction of sp³-hybridized carbons (Fsp3) is 0.375. The van der Waals surface area contributed by atoms with Crippen LogP contribution in [0.5, 0.6) is 0 Å². The van der Waals surface area contributed by atoms with Gasteiger partial charge in [0, 0.05) is 30.2 Å². The average Bonchev–Trinajstić information content (AvgIpc) is 2.51. The molecule has 3 rings (SSSR count). The van der Waals surface area contributed by atoms with E-state index in [1.165, 1.54) is 19.3 Å². The Balaban J connectivity index is 2.17. The van der Waals surface area contributed by atoms with E-state index >= 15 is 0 Å². The predicted octanol–water partition coefficient (Wildman–Crippen LogP) is 2.93. The number of rotatable bonds is 3. The van der Waals surface area contributed by atoms with Gasteiger partial charge in [-0.3, -0.25) is 4.98 Å². The van der Waals surface area contributed by atoms with E-state index in [1.807, 2.05) is 18.3 Å². The molecule has 1 saturated heterocycles. The molecule has 104 valence electrons. The first-order chi connectivity index (χ1) is 9.81. The summed E-state index contributed by atoms with van der Waals surface area (Å²) in [4.78, 5) is 11.5. The maximum atomic E-state index is 6.17. The van der Waals surface area contributed by atoms with E-state index in [1.54, 1.807) is 0 Å². The molecule has 4 heteroatoms. The monoisotopic (exact) mass is 268 g/mol. The van der Waals surface area contributed by atoms with Crippen LogP contribution in [0.3, 0.4) is 0 Å². The number of nitrogens with two attached hydrogens (primary N) is 1. The first-order valence-corrected chi connectivity index (χ1v) is 7.20. The van der Waals surface area contributed by atoms with E-state index in [0.717, 1.165) is 41.8 Å². The number of hydrogen-bond donors (Lipinski definition) is 1. The zero-order valence-corrected chi connectivity index (χ0v) is 11.7. The minimum absolute atomic E-state index is 0.603. The molecule has 1 aliphatic rings. The molecule has 0 aliphatic carbocycles. The Kier molecular flexibility index (Phi) is 3.54. The first-order valence-electron chi connectivity index (χ1n) is 7.20. The number of pyridine rings is 2. The number of nitrogen functional groups attached to an aromatic ring is 1. The van der Waals surface area contributed by atoms with Crippen LogP contribution in [0.1, 0.15) is 24.8 Å². The standard InChI is InChI=1S/C16H20N4/c1-2-7-13-12-8-6-9-18-14(12)16(19-15(13)17)20-10-4-3-5-11-20/h2,6,8-9H,1,3-5,7,10-11H2,(H2,17,19). The van der Waals surface area contributed by atoms with Crippen molar-refractivity contribution >= 4 is 22.5 Å². The number of piperidine rings is 1. The van der Waals surface area contributed by atoms with Gasteiger partial charge < -0.3 is 10.6 Å². The van der Waals surface area contributed by atoms with Crippen LogP contribution in [-0.4, -0.2) is 23.1 Å². The Morgan fingerprint density at radius 3 is 2.85 bits per heavy atom. The third-order valence-corrected chi connectivity index (χ3v) is 3.88. The zero-order chi connectivity index (χ0) is 13.9. The summed E-state index contributed by atoms with van der Waals surface area (Å²) in [6.07, 6.45) is 8.13. The lowest BCUT2D eigenvalue weighted by Gasteiger charge is -2.29. The summed E-state index contributed by atoms with van der Waals surface area (Å²) in [6.45, 7) is 5.88. The van der Waals surface area contributed by atoms with Gasteiger partial charge in [-0.1, -0.05) is 12.1 Å². The van der Waals surface area contributed by atoms with Gasteiger partial charge in [-0.25, -0.2) is 4.98 Å². The van der Waals surface area contributed by atoms with Crippen molar-refractivity contribution in [2.45, 2.75) is 25.7 Å². The highest BCUT2D eigenvalue weighted by Gasteiger charge is 2.18. The van der Waals surface area contributed by atoms with Crippen molar-refractivity contribution in [1.29, 1.82) is 0 Å². The van der Waals surface area contributed by atoms with E-state index in [0.29, 0.717) is 5.82 Å². The van der Waals surface area contributed by atoms with Crippen molar-refractivity contribution < 1.29 is 0 Å². The normalized spacial score (nSPS) is 15.5. The molecular weight excluding hydrogens is 248 g/mol. The van der Waals surface area contributed by atoms with E-state index in [9.17, 15) is 0 Å².